The van der Waals surface area contributed by atoms with Crippen LogP contribution in [-0.4, -0.2) is 37.6 Å². The molecule has 96 valence electrons. The summed E-state index contributed by atoms with van der Waals surface area (Å²) in [5.41, 5.74) is 0. The van der Waals surface area contributed by atoms with Gasteiger partial charge in [0.25, 0.3) is 0 Å². The van der Waals surface area contributed by atoms with Crippen LogP contribution in [0.1, 0.15) is 20.3 Å². The quantitative estimate of drug-likeness (QED) is 0.829. The summed E-state index contributed by atoms with van der Waals surface area (Å²) in [7, 11) is 1.78. The smallest absolute Gasteiger partial charge is 0.241 e. The Morgan fingerprint density at radius 1 is 1.28 bits per heavy atom. The van der Waals surface area contributed by atoms with Crippen LogP contribution in [-0.2, 0) is 0 Å². The first-order valence-electron chi connectivity index (χ1n) is 5.91. The van der Waals surface area contributed by atoms with E-state index in [4.69, 9.17) is 0 Å². The monoisotopic (exact) mass is 247 g/mol. The molecule has 18 heavy (non-hydrogen) atoms. The molecule has 0 saturated heterocycles. The second kappa shape index (κ2) is 5.44. The maximum absolute atomic E-state index is 4.36. The van der Waals surface area contributed by atoms with Crippen LogP contribution in [0.4, 0.5) is 11.9 Å². The van der Waals surface area contributed by atoms with Crippen LogP contribution in [0.15, 0.2) is 18.7 Å². The molecule has 2 heterocycles. The second-order valence-corrected chi connectivity index (χ2v) is 3.96. The highest BCUT2D eigenvalue weighted by Crippen LogP contribution is 2.10. The molecule has 0 spiro atoms. The van der Waals surface area contributed by atoms with Crippen molar-refractivity contribution in [1.82, 2.24) is 24.5 Å². The summed E-state index contributed by atoms with van der Waals surface area (Å²) in [6.07, 6.45) is 6.13. The molecule has 0 fully saturated rings. The van der Waals surface area contributed by atoms with E-state index < -0.39 is 0 Å². The van der Waals surface area contributed by atoms with Crippen molar-refractivity contribution < 1.29 is 0 Å². The summed E-state index contributed by atoms with van der Waals surface area (Å²) in [4.78, 5) is 16.9. The lowest BCUT2D eigenvalue weighted by Crippen LogP contribution is -2.17. The standard InChI is InChI=1S/C11H17N7/c1-4-8(2)14-10-15-9(12-3)16-11(17-10)18-6-5-13-7-18/h5-8H,4H2,1-3H3,(H2,12,14,15,16,17). The molecule has 0 radical (unpaired) electrons. The second-order valence-electron chi connectivity index (χ2n) is 3.96. The number of hydrogen-bond donors (Lipinski definition) is 2. The van der Waals surface area contributed by atoms with Crippen molar-refractivity contribution in [3.8, 4) is 5.95 Å². The molecule has 7 heteroatoms. The molecule has 2 aromatic heterocycles. The first kappa shape index (κ1) is 12.3. The molecule has 0 amide bonds. The molecular weight excluding hydrogens is 230 g/mol. The van der Waals surface area contributed by atoms with Crippen LogP contribution >= 0.6 is 0 Å². The highest BCUT2D eigenvalue weighted by atomic mass is 15.3. The number of nitrogens with zero attached hydrogens (tertiary/aromatic N) is 5. The zero-order valence-corrected chi connectivity index (χ0v) is 10.8. The van der Waals surface area contributed by atoms with E-state index in [-0.39, 0.29) is 0 Å². The van der Waals surface area contributed by atoms with Gasteiger partial charge in [0, 0.05) is 25.5 Å². The van der Waals surface area contributed by atoms with Gasteiger partial charge in [0.05, 0.1) is 0 Å². The largest absolute Gasteiger partial charge is 0.357 e. The number of imidazole rings is 1. The topological polar surface area (TPSA) is 80.5 Å². The average Bonchev–Trinajstić information content (AvgIpc) is 2.92. The predicted octanol–water partition coefficient (Wildman–Crippen LogP) is 1.31. The SMILES string of the molecule is CCC(C)Nc1nc(NC)nc(-n2ccnc2)n1. The molecule has 2 aromatic rings. The van der Waals surface area contributed by atoms with E-state index in [0.717, 1.165) is 6.42 Å². The number of nitrogens with one attached hydrogen (secondary N) is 2. The van der Waals surface area contributed by atoms with Crippen molar-refractivity contribution >= 4 is 11.9 Å². The summed E-state index contributed by atoms with van der Waals surface area (Å²) < 4.78 is 1.74. The number of aromatic nitrogens is 5. The van der Waals surface area contributed by atoms with Crippen molar-refractivity contribution in [2.45, 2.75) is 26.3 Å². The van der Waals surface area contributed by atoms with Crippen LogP contribution < -0.4 is 10.6 Å². The number of hydrogen-bond acceptors (Lipinski definition) is 6. The molecule has 1 unspecified atom stereocenters. The minimum Gasteiger partial charge on any atom is -0.357 e. The highest BCUT2D eigenvalue weighted by molar-refractivity contribution is 5.38. The third-order valence-corrected chi connectivity index (χ3v) is 2.57. The minimum atomic E-state index is 0.313. The third kappa shape index (κ3) is 2.73. The first-order valence-corrected chi connectivity index (χ1v) is 5.91. The van der Waals surface area contributed by atoms with Crippen LogP contribution in [0.3, 0.4) is 0 Å². The van der Waals surface area contributed by atoms with Gasteiger partial charge >= 0.3 is 0 Å². The van der Waals surface area contributed by atoms with E-state index in [0.29, 0.717) is 23.9 Å². The Morgan fingerprint density at radius 2 is 2.06 bits per heavy atom. The van der Waals surface area contributed by atoms with Gasteiger partial charge in [-0.05, 0) is 13.3 Å². The van der Waals surface area contributed by atoms with Gasteiger partial charge in [-0.3, -0.25) is 4.57 Å². The van der Waals surface area contributed by atoms with E-state index in [1.807, 2.05) is 0 Å². The summed E-state index contributed by atoms with van der Waals surface area (Å²) in [5.74, 6) is 1.63. The molecule has 0 aliphatic heterocycles. The Morgan fingerprint density at radius 3 is 2.67 bits per heavy atom. The molecule has 0 bridgehead atoms. The molecule has 7 nitrogen and oxygen atoms in total. The average molecular weight is 247 g/mol. The van der Waals surface area contributed by atoms with E-state index >= 15 is 0 Å². The molecule has 0 saturated carbocycles. The lowest BCUT2D eigenvalue weighted by atomic mass is 10.3. The van der Waals surface area contributed by atoms with Gasteiger partial charge in [-0.15, -0.1) is 0 Å². The molecule has 1 atom stereocenters. The normalized spacial score (nSPS) is 12.2. The fourth-order valence-corrected chi connectivity index (χ4v) is 1.36. The van der Waals surface area contributed by atoms with Gasteiger partial charge in [-0.25, -0.2) is 4.98 Å². The van der Waals surface area contributed by atoms with E-state index in [9.17, 15) is 0 Å². The number of rotatable bonds is 5. The summed E-state index contributed by atoms with van der Waals surface area (Å²) >= 11 is 0. The molecule has 0 aromatic carbocycles. The predicted molar refractivity (Wildman–Crippen MR) is 69.9 cm³/mol. The van der Waals surface area contributed by atoms with Crippen LogP contribution in [0, 0.1) is 0 Å². The molecule has 0 aliphatic rings. The Bertz CT molecular complexity index is 494. The summed E-state index contributed by atoms with van der Waals surface area (Å²) in [6.45, 7) is 4.19. The lowest BCUT2D eigenvalue weighted by molar-refractivity contribution is 0.747. The van der Waals surface area contributed by atoms with Gasteiger partial charge in [-0.1, -0.05) is 6.92 Å². The molecule has 2 N–H and O–H groups in total. The van der Waals surface area contributed by atoms with Gasteiger partial charge in [0.1, 0.15) is 6.33 Å². The zero-order valence-electron chi connectivity index (χ0n) is 10.8. The summed E-state index contributed by atoms with van der Waals surface area (Å²) in [6, 6.07) is 0.313. The number of anilines is 2. The van der Waals surface area contributed by atoms with Crippen molar-refractivity contribution in [3.63, 3.8) is 0 Å². The van der Waals surface area contributed by atoms with E-state index in [2.05, 4.69) is 44.4 Å². The van der Waals surface area contributed by atoms with E-state index in [1.165, 1.54) is 0 Å². The molecule has 0 aliphatic carbocycles. The summed E-state index contributed by atoms with van der Waals surface area (Å²) in [5, 5.41) is 6.16. The van der Waals surface area contributed by atoms with Gasteiger partial charge in [-0.2, -0.15) is 15.0 Å². The minimum absolute atomic E-state index is 0.313. The van der Waals surface area contributed by atoms with Gasteiger partial charge in [0.2, 0.25) is 17.8 Å². The fourth-order valence-electron chi connectivity index (χ4n) is 1.36. The Hall–Kier alpha value is -2.18. The Kier molecular flexibility index (Phi) is 3.71. The van der Waals surface area contributed by atoms with Crippen molar-refractivity contribution in [2.75, 3.05) is 17.7 Å². The van der Waals surface area contributed by atoms with E-state index in [1.54, 1.807) is 30.3 Å². The molecular formula is C11H17N7. The van der Waals surface area contributed by atoms with Crippen LogP contribution in [0.2, 0.25) is 0 Å². The van der Waals surface area contributed by atoms with Crippen LogP contribution in [0.25, 0.3) is 5.95 Å². The first-order chi connectivity index (χ1) is 8.72. The third-order valence-electron chi connectivity index (χ3n) is 2.57. The fraction of sp³-hybridized carbons (Fsp3) is 0.455. The Balaban J connectivity index is 2.33. The Labute approximate surface area is 106 Å². The maximum atomic E-state index is 4.36. The highest BCUT2D eigenvalue weighted by Gasteiger charge is 2.08. The van der Waals surface area contributed by atoms with Crippen molar-refractivity contribution in [1.29, 1.82) is 0 Å². The maximum Gasteiger partial charge on any atom is 0.241 e. The van der Waals surface area contributed by atoms with Crippen LogP contribution in [0.5, 0.6) is 0 Å². The van der Waals surface area contributed by atoms with Crippen molar-refractivity contribution in [3.05, 3.63) is 18.7 Å². The van der Waals surface area contributed by atoms with Gasteiger partial charge in [0.15, 0.2) is 0 Å². The van der Waals surface area contributed by atoms with Gasteiger partial charge < -0.3 is 10.6 Å². The van der Waals surface area contributed by atoms with Crippen molar-refractivity contribution in [2.24, 2.45) is 0 Å². The molecule has 2 rings (SSSR count). The lowest BCUT2D eigenvalue weighted by Gasteiger charge is -2.12. The zero-order chi connectivity index (χ0) is 13.0.